The molecule has 0 unspecified atom stereocenters. The average molecular weight is 289 g/mol. The standard InChI is InChI=1S/C11H17BrN2O2/c1-3-14(5-6-16-4-2)11(15)10-7-9(12)8-13-10/h7-8,13H,3-6H2,1-2H3. The van der Waals surface area contributed by atoms with Crippen molar-refractivity contribution in [3.05, 3.63) is 22.4 Å². The van der Waals surface area contributed by atoms with E-state index in [2.05, 4.69) is 20.9 Å². The first-order valence-electron chi connectivity index (χ1n) is 5.40. The summed E-state index contributed by atoms with van der Waals surface area (Å²) in [6.45, 7) is 6.47. The number of rotatable bonds is 6. The molecular formula is C11H17BrN2O2. The van der Waals surface area contributed by atoms with Gasteiger partial charge in [-0.3, -0.25) is 4.79 Å². The van der Waals surface area contributed by atoms with Gasteiger partial charge in [0.1, 0.15) is 5.69 Å². The van der Waals surface area contributed by atoms with Gasteiger partial charge in [-0.05, 0) is 35.8 Å². The number of hydrogen-bond acceptors (Lipinski definition) is 2. The second-order valence-electron chi connectivity index (χ2n) is 3.31. The van der Waals surface area contributed by atoms with Crippen molar-refractivity contribution in [2.24, 2.45) is 0 Å². The molecule has 1 amide bonds. The Labute approximate surface area is 104 Å². The molecule has 5 heteroatoms. The van der Waals surface area contributed by atoms with E-state index in [0.29, 0.717) is 32.0 Å². The highest BCUT2D eigenvalue weighted by Crippen LogP contribution is 2.12. The van der Waals surface area contributed by atoms with E-state index in [1.165, 1.54) is 0 Å². The number of nitrogens with one attached hydrogen (secondary N) is 1. The number of carbonyl (C=O) groups is 1. The second kappa shape index (κ2) is 6.70. The third-order valence-electron chi connectivity index (χ3n) is 2.26. The van der Waals surface area contributed by atoms with Crippen LogP contribution in [0.25, 0.3) is 0 Å². The van der Waals surface area contributed by atoms with Gasteiger partial charge in [-0.1, -0.05) is 0 Å². The minimum atomic E-state index is 0.00732. The van der Waals surface area contributed by atoms with Crippen molar-refractivity contribution >= 4 is 21.8 Å². The Kier molecular flexibility index (Phi) is 5.55. The molecular weight excluding hydrogens is 272 g/mol. The number of nitrogens with zero attached hydrogens (tertiary/aromatic N) is 1. The molecule has 0 aliphatic rings. The summed E-state index contributed by atoms with van der Waals surface area (Å²) in [5.41, 5.74) is 0.602. The van der Waals surface area contributed by atoms with Crippen molar-refractivity contribution in [2.45, 2.75) is 13.8 Å². The third kappa shape index (κ3) is 3.64. The summed E-state index contributed by atoms with van der Waals surface area (Å²) in [4.78, 5) is 16.7. The first kappa shape index (κ1) is 13.3. The Morgan fingerprint density at radius 3 is 2.81 bits per heavy atom. The van der Waals surface area contributed by atoms with Crippen LogP contribution in [-0.4, -0.2) is 42.1 Å². The number of carbonyl (C=O) groups excluding carboxylic acids is 1. The number of H-pyrrole nitrogens is 1. The molecule has 0 aliphatic heterocycles. The zero-order valence-electron chi connectivity index (χ0n) is 9.62. The van der Waals surface area contributed by atoms with Crippen LogP contribution in [-0.2, 0) is 4.74 Å². The molecule has 1 rings (SSSR count). The van der Waals surface area contributed by atoms with Crippen LogP contribution in [0.3, 0.4) is 0 Å². The van der Waals surface area contributed by atoms with Gasteiger partial charge in [0.2, 0.25) is 0 Å². The van der Waals surface area contributed by atoms with Gasteiger partial charge in [0.25, 0.3) is 5.91 Å². The first-order chi connectivity index (χ1) is 7.69. The molecule has 0 bridgehead atoms. The molecule has 0 aliphatic carbocycles. The number of amides is 1. The normalized spacial score (nSPS) is 10.4. The number of aromatic amines is 1. The van der Waals surface area contributed by atoms with Crippen LogP contribution in [0, 0.1) is 0 Å². The molecule has 0 atom stereocenters. The number of halogens is 1. The lowest BCUT2D eigenvalue weighted by molar-refractivity contribution is 0.0664. The number of ether oxygens (including phenoxy) is 1. The van der Waals surface area contributed by atoms with Crippen LogP contribution in [0.1, 0.15) is 24.3 Å². The van der Waals surface area contributed by atoms with Crippen LogP contribution in [0.5, 0.6) is 0 Å². The summed E-state index contributed by atoms with van der Waals surface area (Å²) in [5.74, 6) is 0.00732. The minimum absolute atomic E-state index is 0.00732. The zero-order chi connectivity index (χ0) is 12.0. The van der Waals surface area contributed by atoms with Crippen molar-refractivity contribution < 1.29 is 9.53 Å². The number of aromatic nitrogens is 1. The smallest absolute Gasteiger partial charge is 0.270 e. The summed E-state index contributed by atoms with van der Waals surface area (Å²) < 4.78 is 6.13. The van der Waals surface area contributed by atoms with E-state index in [0.717, 1.165) is 4.47 Å². The summed E-state index contributed by atoms with van der Waals surface area (Å²) in [6, 6.07) is 1.78. The van der Waals surface area contributed by atoms with Crippen LogP contribution >= 0.6 is 15.9 Å². The fourth-order valence-electron chi connectivity index (χ4n) is 1.38. The third-order valence-corrected chi connectivity index (χ3v) is 2.71. The average Bonchev–Trinajstić information content (AvgIpc) is 2.70. The Morgan fingerprint density at radius 2 is 2.31 bits per heavy atom. The van der Waals surface area contributed by atoms with Crippen LogP contribution < -0.4 is 0 Å². The highest BCUT2D eigenvalue weighted by atomic mass is 79.9. The molecule has 0 aromatic carbocycles. The maximum Gasteiger partial charge on any atom is 0.270 e. The fourth-order valence-corrected chi connectivity index (χ4v) is 1.73. The van der Waals surface area contributed by atoms with E-state index >= 15 is 0 Å². The molecule has 0 saturated heterocycles. The van der Waals surface area contributed by atoms with Gasteiger partial charge < -0.3 is 14.6 Å². The van der Waals surface area contributed by atoms with Crippen LogP contribution in [0.2, 0.25) is 0 Å². The van der Waals surface area contributed by atoms with E-state index in [9.17, 15) is 4.79 Å². The summed E-state index contributed by atoms with van der Waals surface area (Å²) >= 11 is 3.31. The van der Waals surface area contributed by atoms with Gasteiger partial charge in [-0.2, -0.15) is 0 Å². The molecule has 0 spiro atoms. The van der Waals surface area contributed by atoms with Crippen molar-refractivity contribution in [2.75, 3.05) is 26.3 Å². The van der Waals surface area contributed by atoms with Gasteiger partial charge in [0.05, 0.1) is 6.61 Å². The highest BCUT2D eigenvalue weighted by molar-refractivity contribution is 9.10. The summed E-state index contributed by atoms with van der Waals surface area (Å²) in [5, 5.41) is 0. The SMILES string of the molecule is CCOCCN(CC)C(=O)c1cc(Br)c[nH]1. The monoisotopic (exact) mass is 288 g/mol. The molecule has 0 saturated carbocycles. The molecule has 1 heterocycles. The van der Waals surface area contributed by atoms with Crippen LogP contribution in [0.15, 0.2) is 16.7 Å². The lowest BCUT2D eigenvalue weighted by atomic mass is 10.3. The molecule has 0 radical (unpaired) electrons. The van der Waals surface area contributed by atoms with Gasteiger partial charge in [0.15, 0.2) is 0 Å². The van der Waals surface area contributed by atoms with E-state index in [1.54, 1.807) is 17.2 Å². The van der Waals surface area contributed by atoms with E-state index in [-0.39, 0.29) is 5.91 Å². The van der Waals surface area contributed by atoms with Crippen molar-refractivity contribution in [1.29, 1.82) is 0 Å². The first-order valence-corrected chi connectivity index (χ1v) is 6.19. The summed E-state index contributed by atoms with van der Waals surface area (Å²) in [6.07, 6.45) is 1.75. The van der Waals surface area contributed by atoms with Gasteiger partial charge >= 0.3 is 0 Å². The molecule has 16 heavy (non-hydrogen) atoms. The van der Waals surface area contributed by atoms with Gasteiger partial charge in [0, 0.05) is 30.4 Å². The number of likely N-dealkylation sites (N-methyl/N-ethyl adjacent to an activating group) is 1. The molecule has 4 nitrogen and oxygen atoms in total. The molecule has 1 aromatic heterocycles. The molecule has 1 aromatic rings. The Hall–Kier alpha value is -0.810. The van der Waals surface area contributed by atoms with Crippen LogP contribution in [0.4, 0.5) is 0 Å². The predicted molar refractivity (Wildman–Crippen MR) is 66.6 cm³/mol. The minimum Gasteiger partial charge on any atom is -0.380 e. The summed E-state index contributed by atoms with van der Waals surface area (Å²) in [7, 11) is 0. The molecule has 90 valence electrons. The molecule has 0 fully saturated rings. The lowest BCUT2D eigenvalue weighted by Gasteiger charge is -2.19. The topological polar surface area (TPSA) is 45.3 Å². The second-order valence-corrected chi connectivity index (χ2v) is 4.23. The van der Waals surface area contributed by atoms with Gasteiger partial charge in [-0.25, -0.2) is 0 Å². The van der Waals surface area contributed by atoms with E-state index < -0.39 is 0 Å². The quantitative estimate of drug-likeness (QED) is 0.817. The van der Waals surface area contributed by atoms with Crippen molar-refractivity contribution in [1.82, 2.24) is 9.88 Å². The number of hydrogen-bond donors (Lipinski definition) is 1. The highest BCUT2D eigenvalue weighted by Gasteiger charge is 2.15. The van der Waals surface area contributed by atoms with E-state index in [1.807, 2.05) is 13.8 Å². The Morgan fingerprint density at radius 1 is 1.56 bits per heavy atom. The maximum atomic E-state index is 12.0. The largest absolute Gasteiger partial charge is 0.380 e. The lowest BCUT2D eigenvalue weighted by Crippen LogP contribution is -2.34. The van der Waals surface area contributed by atoms with E-state index in [4.69, 9.17) is 4.74 Å². The fraction of sp³-hybridized carbons (Fsp3) is 0.545. The predicted octanol–water partition coefficient (Wildman–Crippen LogP) is 2.28. The maximum absolute atomic E-state index is 12.0. The van der Waals surface area contributed by atoms with Crippen molar-refractivity contribution in [3.8, 4) is 0 Å². The van der Waals surface area contributed by atoms with Crippen molar-refractivity contribution in [3.63, 3.8) is 0 Å². The Bertz CT molecular complexity index is 338. The molecule has 1 N–H and O–H groups in total. The zero-order valence-corrected chi connectivity index (χ0v) is 11.2. The Balaban J connectivity index is 2.55. The van der Waals surface area contributed by atoms with Gasteiger partial charge in [-0.15, -0.1) is 0 Å².